The number of phenols is 1. The molecule has 0 saturated heterocycles. The molecule has 26 heavy (non-hydrogen) atoms. The van der Waals surface area contributed by atoms with Gasteiger partial charge in [-0.3, -0.25) is 0 Å². The molecule has 0 aliphatic heterocycles. The van der Waals surface area contributed by atoms with Crippen LogP contribution >= 0.6 is 7.14 Å². The summed E-state index contributed by atoms with van der Waals surface area (Å²) in [5.74, 6) is 0.225. The summed E-state index contributed by atoms with van der Waals surface area (Å²) in [6.45, 7) is 3.77. The van der Waals surface area contributed by atoms with Crippen LogP contribution in [0.5, 0.6) is 11.5 Å². The molecule has 0 spiro atoms. The third kappa shape index (κ3) is 3.18. The molecule has 0 aromatic heterocycles. The van der Waals surface area contributed by atoms with Crippen LogP contribution in [0.15, 0.2) is 85.5 Å². The van der Waals surface area contributed by atoms with E-state index in [-0.39, 0.29) is 5.75 Å². The average Bonchev–Trinajstić information content (AvgIpc) is 2.70. The number of benzene rings is 3. The average molecular weight is 364 g/mol. The lowest BCUT2D eigenvalue weighted by Crippen LogP contribution is -2.25. The van der Waals surface area contributed by atoms with E-state index in [1.807, 2.05) is 60.7 Å². The first-order chi connectivity index (χ1) is 12.6. The first-order valence-electron chi connectivity index (χ1n) is 8.34. The van der Waals surface area contributed by atoms with Crippen molar-refractivity contribution in [3.8, 4) is 11.5 Å². The van der Waals surface area contributed by atoms with Crippen molar-refractivity contribution in [1.82, 2.24) is 0 Å². The highest BCUT2D eigenvalue weighted by Crippen LogP contribution is 2.47. The molecule has 132 valence electrons. The first kappa shape index (κ1) is 18.0. The fraction of sp³-hybridized carbons (Fsp3) is 0.0909. The van der Waals surface area contributed by atoms with Crippen LogP contribution in [0.4, 0.5) is 0 Å². The Balaban J connectivity index is 2.35. The zero-order valence-corrected chi connectivity index (χ0v) is 15.5. The Labute approximate surface area is 154 Å². The van der Waals surface area contributed by atoms with Gasteiger partial charge < -0.3 is 14.4 Å². The van der Waals surface area contributed by atoms with E-state index in [1.54, 1.807) is 18.2 Å². The second kappa shape index (κ2) is 7.63. The lowest BCUT2D eigenvalue weighted by Gasteiger charge is -2.22. The minimum atomic E-state index is -3.27. The van der Waals surface area contributed by atoms with Crippen molar-refractivity contribution in [1.29, 1.82) is 0 Å². The molecule has 0 aliphatic rings. The molecular formula is C22H21O3P. The van der Waals surface area contributed by atoms with E-state index < -0.39 is 7.14 Å². The van der Waals surface area contributed by atoms with Crippen molar-refractivity contribution in [2.45, 2.75) is 6.42 Å². The van der Waals surface area contributed by atoms with Gasteiger partial charge in [0.25, 0.3) is 0 Å². The van der Waals surface area contributed by atoms with Crippen LogP contribution in [0.25, 0.3) is 0 Å². The van der Waals surface area contributed by atoms with Gasteiger partial charge in [0.15, 0.2) is 18.6 Å². The standard InChI is InChI=1S/C22H21O3P/c1-3-10-17-15-20(25-2)22(23)21(16-17)26(24,18-11-6-4-7-12-18)19-13-8-5-9-14-19/h3-9,11-16,23H,1,10H2,2H3. The molecule has 0 aliphatic carbocycles. The number of phenolic OH excluding ortho intramolecular Hbond substituents is 1. The van der Waals surface area contributed by atoms with Gasteiger partial charge in [0.05, 0.1) is 12.4 Å². The van der Waals surface area contributed by atoms with Crippen molar-refractivity contribution < 1.29 is 14.4 Å². The predicted molar refractivity (Wildman–Crippen MR) is 108 cm³/mol. The smallest absolute Gasteiger partial charge is 0.174 e. The summed E-state index contributed by atoms with van der Waals surface area (Å²) >= 11 is 0. The number of allylic oxidation sites excluding steroid dienone is 1. The monoisotopic (exact) mass is 364 g/mol. The van der Waals surface area contributed by atoms with Gasteiger partial charge in [-0.2, -0.15) is 0 Å². The SMILES string of the molecule is C=CCc1cc(OC)c(O)c(P(=O)(c2ccccc2)c2ccccc2)c1. The molecule has 3 aromatic carbocycles. The molecule has 4 heteroatoms. The second-order valence-corrected chi connectivity index (χ2v) is 8.67. The Hall–Kier alpha value is -2.77. The maximum Gasteiger partial charge on any atom is 0.174 e. The maximum atomic E-state index is 14.4. The molecule has 0 fully saturated rings. The molecule has 0 atom stereocenters. The second-order valence-electron chi connectivity index (χ2n) is 5.94. The minimum absolute atomic E-state index is 0.0867. The molecule has 0 radical (unpaired) electrons. The van der Waals surface area contributed by atoms with Crippen LogP contribution in [0.3, 0.4) is 0 Å². The van der Waals surface area contributed by atoms with Crippen molar-refractivity contribution in [2.24, 2.45) is 0 Å². The van der Waals surface area contributed by atoms with Crippen LogP contribution in [0.2, 0.25) is 0 Å². The summed E-state index contributed by atoms with van der Waals surface area (Å²) in [4.78, 5) is 0. The molecule has 0 bridgehead atoms. The van der Waals surface area contributed by atoms with Gasteiger partial charge in [0.2, 0.25) is 0 Å². The Kier molecular flexibility index (Phi) is 5.29. The third-order valence-electron chi connectivity index (χ3n) is 4.29. The molecule has 3 rings (SSSR count). The van der Waals surface area contributed by atoms with Crippen LogP contribution < -0.4 is 20.7 Å². The van der Waals surface area contributed by atoms with Gasteiger partial charge in [0, 0.05) is 10.6 Å². The minimum Gasteiger partial charge on any atom is -0.504 e. The summed E-state index contributed by atoms with van der Waals surface area (Å²) in [6, 6.07) is 22.1. The van der Waals surface area contributed by atoms with E-state index in [0.717, 1.165) is 5.56 Å². The molecule has 3 aromatic rings. The zero-order chi connectivity index (χ0) is 18.6. The van der Waals surface area contributed by atoms with Crippen LogP contribution in [-0.2, 0) is 11.0 Å². The van der Waals surface area contributed by atoms with Crippen molar-refractivity contribution in [2.75, 3.05) is 7.11 Å². The third-order valence-corrected chi connectivity index (χ3v) is 7.36. The van der Waals surface area contributed by atoms with Crippen LogP contribution in [0.1, 0.15) is 5.56 Å². The lowest BCUT2D eigenvalue weighted by atomic mass is 10.1. The van der Waals surface area contributed by atoms with E-state index >= 15 is 0 Å². The summed E-state index contributed by atoms with van der Waals surface area (Å²) in [5, 5.41) is 12.5. The molecule has 0 heterocycles. The number of methoxy groups -OCH3 is 1. The highest BCUT2D eigenvalue weighted by Gasteiger charge is 2.33. The van der Waals surface area contributed by atoms with Gasteiger partial charge in [-0.1, -0.05) is 66.7 Å². The van der Waals surface area contributed by atoms with E-state index in [4.69, 9.17) is 4.74 Å². The highest BCUT2D eigenvalue weighted by molar-refractivity contribution is 7.85. The van der Waals surface area contributed by atoms with Gasteiger partial charge in [-0.05, 0) is 24.1 Å². The predicted octanol–water partition coefficient (Wildman–Crippen LogP) is 3.77. The van der Waals surface area contributed by atoms with E-state index in [1.165, 1.54) is 7.11 Å². The number of hydrogen-bond acceptors (Lipinski definition) is 3. The Morgan fingerprint density at radius 2 is 1.54 bits per heavy atom. The number of aromatic hydroxyl groups is 1. The van der Waals surface area contributed by atoms with Crippen molar-refractivity contribution in [3.63, 3.8) is 0 Å². The zero-order valence-electron chi connectivity index (χ0n) is 14.6. The fourth-order valence-electron chi connectivity index (χ4n) is 3.03. The summed E-state index contributed by atoms with van der Waals surface area (Å²) in [7, 11) is -1.78. The highest BCUT2D eigenvalue weighted by atomic mass is 31.2. The largest absolute Gasteiger partial charge is 0.504 e. The van der Waals surface area contributed by atoms with Crippen molar-refractivity contribution in [3.05, 3.63) is 91.0 Å². The molecular weight excluding hydrogens is 343 g/mol. The topological polar surface area (TPSA) is 46.5 Å². The van der Waals surface area contributed by atoms with Gasteiger partial charge in [-0.25, -0.2) is 0 Å². The van der Waals surface area contributed by atoms with Gasteiger partial charge in [-0.15, -0.1) is 6.58 Å². The number of hydrogen-bond donors (Lipinski definition) is 1. The molecule has 3 nitrogen and oxygen atoms in total. The maximum absolute atomic E-state index is 14.4. The van der Waals surface area contributed by atoms with Gasteiger partial charge >= 0.3 is 0 Å². The van der Waals surface area contributed by atoms with E-state index in [2.05, 4.69) is 6.58 Å². The summed E-state index contributed by atoms with van der Waals surface area (Å²) in [6.07, 6.45) is 2.36. The normalized spacial score (nSPS) is 11.1. The Morgan fingerprint density at radius 1 is 1.00 bits per heavy atom. The molecule has 0 amide bonds. The quantitative estimate of drug-likeness (QED) is 0.535. The molecule has 0 saturated carbocycles. The van der Waals surface area contributed by atoms with Crippen LogP contribution in [0, 0.1) is 0 Å². The van der Waals surface area contributed by atoms with E-state index in [9.17, 15) is 9.67 Å². The van der Waals surface area contributed by atoms with Crippen LogP contribution in [-0.4, -0.2) is 12.2 Å². The fourth-order valence-corrected chi connectivity index (χ4v) is 5.83. The Morgan fingerprint density at radius 3 is 2.00 bits per heavy atom. The molecule has 1 N–H and O–H groups in total. The number of ether oxygens (including phenoxy) is 1. The Bertz CT molecular complexity index is 906. The summed E-state index contributed by atoms with van der Waals surface area (Å²) < 4.78 is 19.8. The van der Waals surface area contributed by atoms with Crippen molar-refractivity contribution >= 4 is 23.1 Å². The molecule has 0 unspecified atom stereocenters. The summed E-state index contributed by atoms with van der Waals surface area (Å²) in [5.41, 5.74) is 0.886. The lowest BCUT2D eigenvalue weighted by molar-refractivity contribution is 0.375. The van der Waals surface area contributed by atoms with E-state index in [0.29, 0.717) is 28.1 Å². The first-order valence-corrected chi connectivity index (χ1v) is 10.0. The van der Waals surface area contributed by atoms with Gasteiger partial charge in [0.1, 0.15) is 0 Å². The number of rotatable bonds is 6.